The molecule has 2 N–H and O–H groups in total. The maximum absolute atomic E-state index is 11.0. The number of ether oxygens (including phenoxy) is 1. The molecular formula is C10H16Cl2N2O2. The van der Waals surface area contributed by atoms with Crippen molar-refractivity contribution < 1.29 is 9.53 Å². The minimum Gasteiger partial charge on any atom is -0.468 e. The van der Waals surface area contributed by atoms with E-state index in [9.17, 15) is 4.79 Å². The lowest BCUT2D eigenvalue weighted by Crippen LogP contribution is -2.33. The minimum atomic E-state index is -0.629. The first-order chi connectivity index (χ1) is 6.63. The van der Waals surface area contributed by atoms with Crippen molar-refractivity contribution in [3.63, 3.8) is 0 Å². The topological polar surface area (TPSA) is 65.2 Å². The Labute approximate surface area is 107 Å². The number of aryl methyl sites for hydroxylation is 1. The predicted molar refractivity (Wildman–Crippen MR) is 67.2 cm³/mol. The van der Waals surface area contributed by atoms with Crippen molar-refractivity contribution in [3.8, 4) is 0 Å². The summed E-state index contributed by atoms with van der Waals surface area (Å²) in [5.74, 6) is -0.410. The molecule has 0 fully saturated rings. The molecule has 1 atom stereocenters. The first-order valence-electron chi connectivity index (χ1n) is 4.38. The van der Waals surface area contributed by atoms with Crippen molar-refractivity contribution in [2.24, 2.45) is 5.73 Å². The number of hydrogen-bond donors (Lipinski definition) is 1. The van der Waals surface area contributed by atoms with E-state index in [1.165, 1.54) is 7.11 Å². The molecule has 0 amide bonds. The van der Waals surface area contributed by atoms with E-state index in [0.29, 0.717) is 6.42 Å². The molecule has 0 radical (unpaired) electrons. The van der Waals surface area contributed by atoms with E-state index in [-0.39, 0.29) is 24.8 Å². The highest BCUT2D eigenvalue weighted by Gasteiger charge is 2.14. The zero-order valence-electron chi connectivity index (χ0n) is 9.17. The summed E-state index contributed by atoms with van der Waals surface area (Å²) < 4.78 is 4.52. The molecule has 0 aromatic carbocycles. The van der Waals surface area contributed by atoms with E-state index >= 15 is 0 Å². The zero-order chi connectivity index (χ0) is 10.6. The Kier molecular flexibility index (Phi) is 9.14. The zero-order valence-corrected chi connectivity index (χ0v) is 10.8. The maximum atomic E-state index is 11.0. The second-order valence-electron chi connectivity index (χ2n) is 3.16. The summed E-state index contributed by atoms with van der Waals surface area (Å²) in [6.45, 7) is 1.96. The van der Waals surface area contributed by atoms with Gasteiger partial charge in [0.1, 0.15) is 6.04 Å². The summed E-state index contributed by atoms with van der Waals surface area (Å²) in [5, 5.41) is 0. The number of carbonyl (C=O) groups excluding carboxylic acids is 1. The number of nitrogens with two attached hydrogens (primary N) is 1. The Morgan fingerprint density at radius 3 is 2.56 bits per heavy atom. The number of esters is 1. The molecule has 92 valence electrons. The molecule has 6 heteroatoms. The molecule has 1 heterocycles. The first kappa shape index (κ1) is 17.6. The minimum absolute atomic E-state index is 0. The van der Waals surface area contributed by atoms with Gasteiger partial charge in [-0.15, -0.1) is 24.8 Å². The van der Waals surface area contributed by atoms with Crippen LogP contribution in [0.4, 0.5) is 0 Å². The average Bonchev–Trinajstić information content (AvgIpc) is 2.20. The standard InChI is InChI=1S/C10H14N2O2.2ClH/c1-7-3-4-8(12-6-7)5-9(11)10(13)14-2;;/h3-4,6,9H,5,11H2,1-2H3;2*1H/t9-;;/m0../s1. The number of nitrogens with zero attached hydrogens (tertiary/aromatic N) is 1. The average molecular weight is 267 g/mol. The van der Waals surface area contributed by atoms with Gasteiger partial charge in [0.25, 0.3) is 0 Å². The third kappa shape index (κ3) is 5.30. The van der Waals surface area contributed by atoms with Gasteiger partial charge >= 0.3 is 5.97 Å². The van der Waals surface area contributed by atoms with E-state index in [2.05, 4.69) is 9.72 Å². The predicted octanol–water partition coefficient (Wildman–Crippen LogP) is 1.28. The van der Waals surface area contributed by atoms with Gasteiger partial charge in [-0.3, -0.25) is 9.78 Å². The van der Waals surface area contributed by atoms with Gasteiger partial charge in [0.2, 0.25) is 0 Å². The van der Waals surface area contributed by atoms with Crippen molar-refractivity contribution in [2.45, 2.75) is 19.4 Å². The normalized spacial score (nSPS) is 10.7. The molecule has 0 saturated heterocycles. The van der Waals surface area contributed by atoms with E-state index in [4.69, 9.17) is 5.73 Å². The van der Waals surface area contributed by atoms with E-state index in [0.717, 1.165) is 11.3 Å². The molecule has 1 aromatic heterocycles. The largest absolute Gasteiger partial charge is 0.468 e. The lowest BCUT2D eigenvalue weighted by molar-refractivity contribution is -0.142. The number of rotatable bonds is 3. The third-order valence-corrected chi connectivity index (χ3v) is 1.91. The van der Waals surface area contributed by atoms with Crippen molar-refractivity contribution in [1.82, 2.24) is 4.98 Å². The van der Waals surface area contributed by atoms with Crippen LogP contribution in [0.25, 0.3) is 0 Å². The highest BCUT2D eigenvalue weighted by Crippen LogP contribution is 2.01. The lowest BCUT2D eigenvalue weighted by atomic mass is 10.1. The van der Waals surface area contributed by atoms with Crippen LogP contribution >= 0.6 is 24.8 Å². The fourth-order valence-electron chi connectivity index (χ4n) is 1.08. The molecule has 16 heavy (non-hydrogen) atoms. The number of hydrogen-bond acceptors (Lipinski definition) is 4. The van der Waals surface area contributed by atoms with Crippen LogP contribution in [0.15, 0.2) is 18.3 Å². The quantitative estimate of drug-likeness (QED) is 0.838. The molecule has 1 rings (SSSR count). The molecular weight excluding hydrogens is 251 g/mol. The van der Waals surface area contributed by atoms with Crippen LogP contribution in [0.3, 0.4) is 0 Å². The van der Waals surface area contributed by atoms with Gasteiger partial charge in [-0.05, 0) is 18.6 Å². The Bertz CT molecular complexity index is 317. The van der Waals surface area contributed by atoms with Crippen molar-refractivity contribution >= 4 is 30.8 Å². The van der Waals surface area contributed by atoms with Gasteiger partial charge in [0, 0.05) is 18.3 Å². The highest BCUT2D eigenvalue weighted by molar-refractivity contribution is 5.85. The van der Waals surface area contributed by atoms with Crippen LogP contribution in [0.5, 0.6) is 0 Å². The Hall–Kier alpha value is -0.840. The SMILES string of the molecule is COC(=O)[C@@H](N)Cc1ccc(C)cn1.Cl.Cl. The van der Waals surface area contributed by atoms with Gasteiger partial charge < -0.3 is 10.5 Å². The maximum Gasteiger partial charge on any atom is 0.323 e. The molecule has 0 aliphatic carbocycles. The molecule has 0 spiro atoms. The van der Waals surface area contributed by atoms with E-state index in [1.807, 2.05) is 19.1 Å². The molecule has 4 nitrogen and oxygen atoms in total. The molecule has 0 saturated carbocycles. The summed E-state index contributed by atoms with van der Waals surface area (Å²) >= 11 is 0. The van der Waals surface area contributed by atoms with Gasteiger partial charge in [-0.25, -0.2) is 0 Å². The summed E-state index contributed by atoms with van der Waals surface area (Å²) in [4.78, 5) is 15.2. The Morgan fingerprint density at radius 1 is 1.50 bits per heavy atom. The summed E-state index contributed by atoms with van der Waals surface area (Å²) in [5.41, 5.74) is 7.47. The van der Waals surface area contributed by atoms with Gasteiger partial charge in [-0.2, -0.15) is 0 Å². The van der Waals surface area contributed by atoms with Crippen LogP contribution in [-0.2, 0) is 16.0 Å². The Balaban J connectivity index is 0. The van der Waals surface area contributed by atoms with Crippen molar-refractivity contribution in [1.29, 1.82) is 0 Å². The van der Waals surface area contributed by atoms with Gasteiger partial charge in [0.05, 0.1) is 7.11 Å². The smallest absolute Gasteiger partial charge is 0.323 e. The van der Waals surface area contributed by atoms with Crippen molar-refractivity contribution in [3.05, 3.63) is 29.6 Å². The summed E-state index contributed by atoms with van der Waals surface area (Å²) in [7, 11) is 1.32. The summed E-state index contributed by atoms with van der Waals surface area (Å²) in [6, 6.07) is 3.17. The molecule has 0 aliphatic heterocycles. The molecule has 0 bridgehead atoms. The fourth-order valence-corrected chi connectivity index (χ4v) is 1.08. The number of halogens is 2. The van der Waals surface area contributed by atoms with E-state index in [1.54, 1.807) is 6.20 Å². The van der Waals surface area contributed by atoms with Crippen molar-refractivity contribution in [2.75, 3.05) is 7.11 Å². The second kappa shape index (κ2) is 8.33. The van der Waals surface area contributed by atoms with E-state index < -0.39 is 12.0 Å². The third-order valence-electron chi connectivity index (χ3n) is 1.91. The van der Waals surface area contributed by atoms with Gasteiger partial charge in [0.15, 0.2) is 0 Å². The molecule has 0 aliphatic rings. The summed E-state index contributed by atoms with van der Waals surface area (Å²) in [6.07, 6.45) is 2.16. The number of carbonyl (C=O) groups is 1. The number of aromatic nitrogens is 1. The Morgan fingerprint density at radius 2 is 2.12 bits per heavy atom. The van der Waals surface area contributed by atoms with Crippen LogP contribution in [0.2, 0.25) is 0 Å². The molecule has 0 unspecified atom stereocenters. The number of pyridine rings is 1. The fraction of sp³-hybridized carbons (Fsp3) is 0.400. The van der Waals surface area contributed by atoms with Gasteiger partial charge in [-0.1, -0.05) is 6.07 Å². The highest BCUT2D eigenvalue weighted by atomic mass is 35.5. The van der Waals surface area contributed by atoms with Crippen LogP contribution in [-0.4, -0.2) is 24.1 Å². The second-order valence-corrected chi connectivity index (χ2v) is 3.16. The monoisotopic (exact) mass is 266 g/mol. The molecule has 1 aromatic rings. The van der Waals surface area contributed by atoms with Crippen LogP contribution in [0.1, 0.15) is 11.3 Å². The first-order valence-corrected chi connectivity index (χ1v) is 4.38. The van der Waals surface area contributed by atoms with Crippen LogP contribution < -0.4 is 5.73 Å². The van der Waals surface area contributed by atoms with Crippen LogP contribution in [0, 0.1) is 6.92 Å². The number of methoxy groups -OCH3 is 1. The lowest BCUT2D eigenvalue weighted by Gasteiger charge is -2.08.